The van der Waals surface area contributed by atoms with Gasteiger partial charge in [-0.3, -0.25) is 4.79 Å². The molecule has 5 heteroatoms. The Labute approximate surface area is 124 Å². The lowest BCUT2D eigenvalue weighted by Gasteiger charge is -2.24. The molecule has 1 N–H and O–H groups in total. The highest BCUT2D eigenvalue weighted by Crippen LogP contribution is 2.28. The van der Waals surface area contributed by atoms with Crippen LogP contribution in [0.5, 0.6) is 0 Å². The zero-order chi connectivity index (χ0) is 16.5. The van der Waals surface area contributed by atoms with Crippen LogP contribution in [0.4, 0.5) is 13.2 Å². The molecule has 1 aromatic heterocycles. The summed E-state index contributed by atoms with van der Waals surface area (Å²) in [7, 11) is 0. The van der Waals surface area contributed by atoms with Crippen molar-refractivity contribution < 1.29 is 13.2 Å². The van der Waals surface area contributed by atoms with Crippen molar-refractivity contribution >= 4 is 0 Å². The first kappa shape index (κ1) is 19.7. The molecule has 0 aromatic carbocycles. The van der Waals surface area contributed by atoms with E-state index in [4.69, 9.17) is 0 Å². The lowest BCUT2D eigenvalue weighted by molar-refractivity contribution is -0.138. The molecule has 0 amide bonds. The summed E-state index contributed by atoms with van der Waals surface area (Å²) < 4.78 is 35.5. The van der Waals surface area contributed by atoms with Gasteiger partial charge in [-0.25, -0.2) is 0 Å². The van der Waals surface area contributed by atoms with Gasteiger partial charge in [-0.15, -0.1) is 0 Å². The van der Waals surface area contributed by atoms with Gasteiger partial charge >= 0.3 is 6.18 Å². The largest absolute Gasteiger partial charge is 0.421 e. The second kappa shape index (κ2) is 9.64. The predicted molar refractivity (Wildman–Crippen MR) is 80.2 cm³/mol. The van der Waals surface area contributed by atoms with E-state index in [9.17, 15) is 18.0 Å². The molecule has 1 heterocycles. The van der Waals surface area contributed by atoms with Gasteiger partial charge in [0, 0.05) is 6.20 Å². The number of aromatic nitrogens is 1. The molecule has 0 spiro atoms. The first-order chi connectivity index (χ1) is 9.82. The summed E-state index contributed by atoms with van der Waals surface area (Å²) in [5.41, 5.74) is -2.28. The Balaban J connectivity index is 0.000000354. The van der Waals surface area contributed by atoms with Gasteiger partial charge in [0.05, 0.1) is 0 Å². The number of hydrogen-bond donors (Lipinski definition) is 1. The van der Waals surface area contributed by atoms with Crippen molar-refractivity contribution in [2.24, 2.45) is 11.8 Å². The van der Waals surface area contributed by atoms with Gasteiger partial charge in [0.1, 0.15) is 5.56 Å². The first-order valence-electron chi connectivity index (χ1n) is 7.57. The Morgan fingerprint density at radius 3 is 1.86 bits per heavy atom. The van der Waals surface area contributed by atoms with E-state index < -0.39 is 17.3 Å². The number of aromatic amines is 1. The minimum Gasteiger partial charge on any atom is -0.329 e. The number of halogens is 3. The lowest BCUT2D eigenvalue weighted by Crippen LogP contribution is -2.20. The highest BCUT2D eigenvalue weighted by molar-refractivity contribution is 5.12. The van der Waals surface area contributed by atoms with Crippen LogP contribution in [-0.2, 0) is 6.18 Å². The van der Waals surface area contributed by atoms with Crippen LogP contribution < -0.4 is 5.56 Å². The smallest absolute Gasteiger partial charge is 0.329 e. The molecular formula is C16H26F3NO. The summed E-state index contributed by atoms with van der Waals surface area (Å²) in [5.74, 6) is 2.01. The Morgan fingerprint density at radius 2 is 1.57 bits per heavy atom. The van der Waals surface area contributed by atoms with Crippen LogP contribution in [0.1, 0.15) is 58.9 Å². The lowest BCUT2D eigenvalue weighted by atomic mass is 9.82. The van der Waals surface area contributed by atoms with Crippen LogP contribution in [0.3, 0.4) is 0 Å². The second-order valence-electron chi connectivity index (χ2n) is 5.15. The number of H-pyrrole nitrogens is 1. The van der Waals surface area contributed by atoms with Gasteiger partial charge in [-0.05, 0) is 24.0 Å². The van der Waals surface area contributed by atoms with Crippen molar-refractivity contribution in [3.8, 4) is 0 Å². The standard InChI is InChI=1S/C8H16.C6H4F3NO.C2H6/c1-7-5-3-4-6-8(7)2;7-6(8,9)4-2-1-3-10-5(4)11;1-2/h7-8H,3-6H2,1-2H3;1-3H,(H,10,11);1-2H3. The normalized spacial score (nSPS) is 21.5. The van der Waals surface area contributed by atoms with Gasteiger partial charge in [-0.1, -0.05) is 53.4 Å². The number of rotatable bonds is 0. The summed E-state index contributed by atoms with van der Waals surface area (Å²) in [6, 6.07) is 1.86. The Morgan fingerprint density at radius 1 is 1.10 bits per heavy atom. The van der Waals surface area contributed by atoms with E-state index in [1.807, 2.05) is 18.8 Å². The maximum Gasteiger partial charge on any atom is 0.421 e. The molecule has 1 saturated carbocycles. The summed E-state index contributed by atoms with van der Waals surface area (Å²) in [6.45, 7) is 8.76. The van der Waals surface area contributed by atoms with Crippen LogP contribution in [0.15, 0.2) is 23.1 Å². The van der Waals surface area contributed by atoms with Crippen LogP contribution in [0, 0.1) is 11.8 Å². The van der Waals surface area contributed by atoms with E-state index in [1.54, 1.807) is 0 Å². The van der Waals surface area contributed by atoms with Crippen LogP contribution in [0.25, 0.3) is 0 Å². The van der Waals surface area contributed by atoms with Gasteiger partial charge in [0.2, 0.25) is 0 Å². The van der Waals surface area contributed by atoms with Crippen molar-refractivity contribution in [3.05, 3.63) is 34.2 Å². The SMILES string of the molecule is CC.CC1CCCCC1C.O=c1[nH]cccc1C(F)(F)F. The molecule has 1 aromatic rings. The van der Waals surface area contributed by atoms with Gasteiger partial charge in [0.25, 0.3) is 5.56 Å². The van der Waals surface area contributed by atoms with Gasteiger partial charge < -0.3 is 4.98 Å². The molecule has 0 bridgehead atoms. The van der Waals surface area contributed by atoms with Crippen molar-refractivity contribution in [3.63, 3.8) is 0 Å². The summed E-state index contributed by atoms with van der Waals surface area (Å²) in [5, 5.41) is 0. The molecule has 1 aliphatic carbocycles. The Hall–Kier alpha value is -1.26. The fraction of sp³-hybridized carbons (Fsp3) is 0.688. The third kappa shape index (κ3) is 7.34. The zero-order valence-electron chi connectivity index (χ0n) is 13.3. The minimum atomic E-state index is -4.56. The van der Waals surface area contributed by atoms with Crippen molar-refractivity contribution in [2.45, 2.75) is 59.6 Å². The molecule has 21 heavy (non-hydrogen) atoms. The fourth-order valence-electron chi connectivity index (χ4n) is 2.15. The van der Waals surface area contributed by atoms with E-state index >= 15 is 0 Å². The minimum absolute atomic E-state index is 0.735. The monoisotopic (exact) mass is 305 g/mol. The number of alkyl halides is 3. The molecule has 122 valence electrons. The second-order valence-corrected chi connectivity index (χ2v) is 5.15. The average Bonchev–Trinajstić information content (AvgIpc) is 2.44. The molecule has 0 aliphatic heterocycles. The molecular weight excluding hydrogens is 279 g/mol. The highest BCUT2D eigenvalue weighted by Gasteiger charge is 2.33. The molecule has 1 aliphatic rings. The van der Waals surface area contributed by atoms with Crippen molar-refractivity contribution in [2.75, 3.05) is 0 Å². The Kier molecular flexibility index (Phi) is 9.06. The van der Waals surface area contributed by atoms with E-state index in [1.165, 1.54) is 25.7 Å². The maximum atomic E-state index is 11.8. The molecule has 2 unspecified atom stereocenters. The molecule has 0 saturated heterocycles. The number of nitrogens with one attached hydrogen (secondary N) is 1. The summed E-state index contributed by atoms with van der Waals surface area (Å²) in [4.78, 5) is 12.4. The predicted octanol–water partition coefficient (Wildman–Crippen LogP) is 5.25. The average molecular weight is 305 g/mol. The number of pyridine rings is 1. The highest BCUT2D eigenvalue weighted by atomic mass is 19.4. The molecule has 2 atom stereocenters. The van der Waals surface area contributed by atoms with Gasteiger partial charge in [-0.2, -0.15) is 13.2 Å². The van der Waals surface area contributed by atoms with Crippen LogP contribution in [-0.4, -0.2) is 4.98 Å². The van der Waals surface area contributed by atoms with E-state index in [-0.39, 0.29) is 0 Å². The molecule has 2 rings (SSSR count). The summed E-state index contributed by atoms with van der Waals surface area (Å²) in [6.07, 6.45) is 2.49. The maximum absolute atomic E-state index is 11.8. The molecule has 1 fully saturated rings. The fourth-order valence-corrected chi connectivity index (χ4v) is 2.15. The van der Waals surface area contributed by atoms with Crippen LogP contribution >= 0.6 is 0 Å². The molecule has 2 nitrogen and oxygen atoms in total. The van der Waals surface area contributed by atoms with E-state index in [0.717, 1.165) is 30.2 Å². The quantitative estimate of drug-likeness (QED) is 0.697. The van der Waals surface area contributed by atoms with Crippen LogP contribution in [0.2, 0.25) is 0 Å². The van der Waals surface area contributed by atoms with Crippen molar-refractivity contribution in [1.82, 2.24) is 4.98 Å². The topological polar surface area (TPSA) is 32.9 Å². The zero-order valence-corrected chi connectivity index (χ0v) is 13.3. The third-order valence-electron chi connectivity index (χ3n) is 3.66. The van der Waals surface area contributed by atoms with Gasteiger partial charge in [0.15, 0.2) is 0 Å². The Bertz CT molecular complexity index is 430. The molecule has 0 radical (unpaired) electrons. The summed E-state index contributed by atoms with van der Waals surface area (Å²) >= 11 is 0. The third-order valence-corrected chi connectivity index (χ3v) is 3.66. The first-order valence-corrected chi connectivity index (χ1v) is 7.57. The number of hydrogen-bond acceptors (Lipinski definition) is 1. The van der Waals surface area contributed by atoms with E-state index in [2.05, 4.69) is 13.8 Å². The van der Waals surface area contributed by atoms with Crippen molar-refractivity contribution in [1.29, 1.82) is 0 Å². The van der Waals surface area contributed by atoms with E-state index in [0.29, 0.717) is 0 Å².